The van der Waals surface area contributed by atoms with Crippen molar-refractivity contribution in [3.8, 4) is 0 Å². The van der Waals surface area contributed by atoms with Gasteiger partial charge in [0.2, 0.25) is 0 Å². The van der Waals surface area contributed by atoms with Crippen molar-refractivity contribution in [2.75, 3.05) is 18.5 Å². The summed E-state index contributed by atoms with van der Waals surface area (Å²) in [5.74, 6) is 0.784. The van der Waals surface area contributed by atoms with Crippen molar-refractivity contribution < 1.29 is 13.6 Å². The second-order valence-electron chi connectivity index (χ2n) is 6.27. The first-order valence-electron chi connectivity index (χ1n) is 7.24. The number of fused-ring (bicyclic) bond motifs is 2. The van der Waals surface area contributed by atoms with Crippen molar-refractivity contribution in [3.05, 3.63) is 29.3 Å². The molecule has 0 amide bonds. The van der Waals surface area contributed by atoms with Crippen LogP contribution in [-0.4, -0.2) is 19.9 Å². The maximum absolute atomic E-state index is 14.0. The topological polar surface area (TPSA) is 20.3 Å². The number of benzene rings is 1. The molecular weight excluding hydrogens is 260 g/mol. The van der Waals surface area contributed by atoms with Crippen LogP contribution in [0.15, 0.2) is 12.1 Å². The van der Waals surface area contributed by atoms with Crippen LogP contribution in [-0.2, 0) is 0 Å². The third kappa shape index (κ3) is 2.32. The Morgan fingerprint density at radius 2 is 1.95 bits per heavy atom. The van der Waals surface area contributed by atoms with Crippen LogP contribution >= 0.6 is 0 Å². The molecule has 0 N–H and O–H groups in total. The molecule has 1 aromatic rings. The van der Waals surface area contributed by atoms with Gasteiger partial charge in [0.1, 0.15) is 23.6 Å². The van der Waals surface area contributed by atoms with E-state index in [2.05, 4.69) is 0 Å². The van der Waals surface area contributed by atoms with Crippen molar-refractivity contribution in [2.45, 2.75) is 25.7 Å². The molecule has 3 unspecified atom stereocenters. The Balaban J connectivity index is 1.77. The van der Waals surface area contributed by atoms with Crippen molar-refractivity contribution in [3.63, 3.8) is 0 Å². The van der Waals surface area contributed by atoms with E-state index in [1.54, 1.807) is 11.9 Å². The Bertz CT molecular complexity index is 508. The van der Waals surface area contributed by atoms with Crippen molar-refractivity contribution >= 4 is 12.0 Å². The maximum atomic E-state index is 14.0. The molecule has 2 nitrogen and oxygen atoms in total. The molecule has 3 rings (SSSR count). The van der Waals surface area contributed by atoms with Crippen LogP contribution in [0, 0.1) is 29.4 Å². The molecule has 2 aliphatic rings. The van der Waals surface area contributed by atoms with Crippen molar-refractivity contribution in [2.24, 2.45) is 17.8 Å². The lowest BCUT2D eigenvalue weighted by atomic mass is 9.88. The molecule has 0 aromatic heterocycles. The fourth-order valence-electron chi connectivity index (χ4n) is 4.06. The van der Waals surface area contributed by atoms with Gasteiger partial charge in [0.05, 0.1) is 0 Å². The summed E-state index contributed by atoms with van der Waals surface area (Å²) in [6, 6.07) is 2.20. The molecule has 2 fully saturated rings. The second kappa shape index (κ2) is 5.15. The lowest BCUT2D eigenvalue weighted by Gasteiger charge is -2.29. The van der Waals surface area contributed by atoms with Crippen LogP contribution < -0.4 is 4.90 Å². The van der Waals surface area contributed by atoms with Crippen molar-refractivity contribution in [1.29, 1.82) is 0 Å². The van der Waals surface area contributed by atoms with E-state index in [0.29, 0.717) is 18.7 Å². The molecule has 108 valence electrons. The monoisotopic (exact) mass is 279 g/mol. The lowest BCUT2D eigenvalue weighted by molar-refractivity contribution is 0.112. The van der Waals surface area contributed by atoms with Crippen LogP contribution in [0.1, 0.15) is 36.0 Å². The number of rotatable bonds is 4. The fraction of sp³-hybridized carbons (Fsp3) is 0.562. The SMILES string of the molecule is CN(CC1CC2CCC1C2)c1c(F)cc(C=O)cc1F. The number of carbonyl (C=O) groups excluding carboxylic acids is 1. The highest BCUT2D eigenvalue weighted by molar-refractivity contribution is 5.76. The molecular formula is C16H19F2NO. The fourth-order valence-corrected chi connectivity index (χ4v) is 4.06. The summed E-state index contributed by atoms with van der Waals surface area (Å²) < 4.78 is 27.9. The Kier molecular flexibility index (Phi) is 3.48. The van der Waals surface area contributed by atoms with Gasteiger partial charge in [-0.2, -0.15) is 0 Å². The number of hydrogen-bond donors (Lipinski definition) is 0. The molecule has 2 bridgehead atoms. The van der Waals surface area contributed by atoms with Gasteiger partial charge in [0.15, 0.2) is 0 Å². The minimum absolute atomic E-state index is 0.0154. The zero-order valence-corrected chi connectivity index (χ0v) is 11.6. The zero-order chi connectivity index (χ0) is 14.3. The molecule has 3 atom stereocenters. The largest absolute Gasteiger partial charge is 0.370 e. The van der Waals surface area contributed by atoms with Crippen LogP contribution in [0.2, 0.25) is 0 Å². The van der Waals surface area contributed by atoms with Crippen LogP contribution in [0.5, 0.6) is 0 Å². The van der Waals surface area contributed by atoms with E-state index in [1.807, 2.05) is 0 Å². The molecule has 2 saturated carbocycles. The summed E-state index contributed by atoms with van der Waals surface area (Å²) in [6.45, 7) is 0.690. The van der Waals surface area contributed by atoms with E-state index in [-0.39, 0.29) is 11.3 Å². The first kappa shape index (κ1) is 13.5. The highest BCUT2D eigenvalue weighted by Crippen LogP contribution is 2.48. The molecule has 0 aliphatic heterocycles. The summed E-state index contributed by atoms with van der Waals surface area (Å²) >= 11 is 0. The van der Waals surface area contributed by atoms with Gasteiger partial charge >= 0.3 is 0 Å². The third-order valence-corrected chi connectivity index (χ3v) is 4.95. The lowest BCUT2D eigenvalue weighted by Crippen LogP contribution is -2.30. The van der Waals surface area contributed by atoms with Gasteiger partial charge < -0.3 is 4.90 Å². The number of aldehydes is 1. The highest BCUT2D eigenvalue weighted by Gasteiger charge is 2.40. The molecule has 1 aromatic carbocycles. The van der Waals surface area contributed by atoms with Gasteiger partial charge in [-0.3, -0.25) is 4.79 Å². The van der Waals surface area contributed by atoms with E-state index >= 15 is 0 Å². The number of nitrogens with zero attached hydrogens (tertiary/aromatic N) is 1. The van der Waals surface area contributed by atoms with E-state index in [9.17, 15) is 13.6 Å². The molecule has 0 heterocycles. The normalized spacial score (nSPS) is 27.9. The highest BCUT2D eigenvalue weighted by atomic mass is 19.1. The summed E-state index contributed by atoms with van der Waals surface area (Å²) in [4.78, 5) is 12.3. The predicted octanol–water partition coefficient (Wildman–Crippen LogP) is 3.65. The summed E-state index contributed by atoms with van der Waals surface area (Å²) in [7, 11) is 1.73. The standard InChI is InChI=1S/C16H19F2NO/c1-19(8-13-5-10-2-3-12(13)4-10)16-14(17)6-11(9-20)7-15(16)18/h6-7,9-10,12-13H,2-5,8H2,1H3. The molecule has 0 saturated heterocycles. The molecule has 20 heavy (non-hydrogen) atoms. The molecule has 4 heteroatoms. The second-order valence-corrected chi connectivity index (χ2v) is 6.27. The first-order valence-corrected chi connectivity index (χ1v) is 7.24. The Hall–Kier alpha value is -1.45. The average molecular weight is 279 g/mol. The number of anilines is 1. The predicted molar refractivity (Wildman–Crippen MR) is 74.0 cm³/mol. The van der Waals surface area contributed by atoms with Gasteiger partial charge in [-0.15, -0.1) is 0 Å². The minimum atomic E-state index is -0.655. The Morgan fingerprint density at radius 1 is 1.25 bits per heavy atom. The maximum Gasteiger partial charge on any atom is 0.150 e. The number of hydrogen-bond acceptors (Lipinski definition) is 2. The van der Waals surface area contributed by atoms with Crippen LogP contribution in [0.4, 0.5) is 14.5 Å². The van der Waals surface area contributed by atoms with E-state index in [4.69, 9.17) is 0 Å². The summed E-state index contributed by atoms with van der Waals surface area (Å²) in [5, 5.41) is 0. The summed E-state index contributed by atoms with van der Waals surface area (Å²) in [6.07, 6.45) is 5.52. The quantitative estimate of drug-likeness (QED) is 0.784. The average Bonchev–Trinajstić information content (AvgIpc) is 2.99. The number of carbonyl (C=O) groups is 1. The van der Waals surface area contributed by atoms with E-state index in [0.717, 1.165) is 24.0 Å². The Morgan fingerprint density at radius 3 is 2.45 bits per heavy atom. The molecule has 0 spiro atoms. The van der Waals surface area contributed by atoms with Crippen LogP contribution in [0.25, 0.3) is 0 Å². The first-order chi connectivity index (χ1) is 9.58. The van der Waals surface area contributed by atoms with Gasteiger partial charge in [0, 0.05) is 19.2 Å². The van der Waals surface area contributed by atoms with E-state index in [1.165, 1.54) is 25.7 Å². The number of halogens is 2. The zero-order valence-electron chi connectivity index (χ0n) is 11.6. The van der Waals surface area contributed by atoms with Crippen molar-refractivity contribution in [1.82, 2.24) is 0 Å². The van der Waals surface area contributed by atoms with Gasteiger partial charge in [-0.1, -0.05) is 6.42 Å². The molecule has 0 radical (unpaired) electrons. The molecule has 2 aliphatic carbocycles. The van der Waals surface area contributed by atoms with Crippen LogP contribution in [0.3, 0.4) is 0 Å². The van der Waals surface area contributed by atoms with E-state index < -0.39 is 11.6 Å². The minimum Gasteiger partial charge on any atom is -0.370 e. The smallest absolute Gasteiger partial charge is 0.150 e. The Labute approximate surface area is 117 Å². The third-order valence-electron chi connectivity index (χ3n) is 4.95. The van der Waals surface area contributed by atoms with Gasteiger partial charge in [-0.05, 0) is 49.1 Å². The summed E-state index contributed by atoms with van der Waals surface area (Å²) in [5.41, 5.74) is 0.0236. The van der Waals surface area contributed by atoms with Gasteiger partial charge in [0.25, 0.3) is 0 Å². The van der Waals surface area contributed by atoms with Gasteiger partial charge in [-0.25, -0.2) is 8.78 Å².